The maximum absolute atomic E-state index is 3.39. The maximum atomic E-state index is 3.39. The predicted octanol–water partition coefficient (Wildman–Crippen LogP) is 1.31. The summed E-state index contributed by atoms with van der Waals surface area (Å²) in [5, 5.41) is 0. The second-order valence-electron chi connectivity index (χ2n) is 2.13. The van der Waals surface area contributed by atoms with Crippen molar-refractivity contribution in [2.45, 2.75) is 23.9 Å². The summed E-state index contributed by atoms with van der Waals surface area (Å²) in [6, 6.07) is 0. The van der Waals surface area contributed by atoms with Crippen molar-refractivity contribution < 1.29 is 0 Å². The Morgan fingerprint density at radius 1 is 1.88 bits per heavy atom. The number of rotatable bonds is 2. The van der Waals surface area contributed by atoms with E-state index in [4.69, 9.17) is 0 Å². The molecule has 0 aromatic heterocycles. The standard InChI is InChI=1S/C6H11N.In/c1-3-4-6(2)5-7;/h5,7H,2-4H2,1H3;/q-1;+1. The molecule has 0 amide bonds. The van der Waals surface area contributed by atoms with E-state index in [1.165, 1.54) is 17.0 Å². The van der Waals surface area contributed by atoms with E-state index in [1.54, 1.807) is 5.57 Å². The van der Waals surface area contributed by atoms with Gasteiger partial charge in [0.25, 0.3) is 0 Å². The molecule has 1 rings (SSSR count). The molecule has 1 nitrogen and oxygen atoms in total. The summed E-state index contributed by atoms with van der Waals surface area (Å²) < 4.78 is 4.85. The molecule has 2 heteroatoms. The van der Waals surface area contributed by atoms with E-state index in [0.717, 1.165) is 0 Å². The Bertz CT molecular complexity index is 98.7. The van der Waals surface area contributed by atoms with Gasteiger partial charge in [-0.25, -0.2) is 0 Å². The molecule has 0 spiro atoms. The van der Waals surface area contributed by atoms with Crippen LogP contribution in [-0.4, -0.2) is 23.2 Å². The Balaban J connectivity index is 2.23. The molecule has 0 unspecified atom stereocenters. The van der Waals surface area contributed by atoms with Gasteiger partial charge in [-0.15, -0.1) is 0 Å². The van der Waals surface area contributed by atoms with Crippen molar-refractivity contribution >= 4 is 23.2 Å². The van der Waals surface area contributed by atoms with Crippen molar-refractivity contribution in [2.75, 3.05) is 0 Å². The van der Waals surface area contributed by atoms with Crippen molar-refractivity contribution in [1.29, 1.82) is 0 Å². The average molecular weight is 212 g/mol. The molecule has 0 fully saturated rings. The molecule has 0 saturated heterocycles. The van der Waals surface area contributed by atoms with E-state index in [1.807, 2.05) is 0 Å². The average Bonchev–Trinajstić information content (AvgIpc) is 2.19. The van der Waals surface area contributed by atoms with Gasteiger partial charge in [-0.3, -0.25) is 0 Å². The molecular weight excluding hydrogens is 201 g/mol. The quantitative estimate of drug-likeness (QED) is 0.727. The molecule has 0 bridgehead atoms. The van der Waals surface area contributed by atoms with Crippen molar-refractivity contribution in [3.05, 3.63) is 11.8 Å². The Hall–Kier alpha value is 0.410. The fourth-order valence-corrected chi connectivity index (χ4v) is 3.93. The van der Waals surface area contributed by atoms with Crippen LogP contribution >= 0.6 is 0 Å². The Labute approximate surface area is 62.3 Å². The predicted molar refractivity (Wildman–Crippen MR) is 36.7 cm³/mol. The first-order chi connectivity index (χ1) is 3.93. The van der Waals surface area contributed by atoms with Crippen LogP contribution in [0.1, 0.15) is 19.8 Å². The molecule has 0 saturated carbocycles. The van der Waals surface area contributed by atoms with E-state index >= 15 is 0 Å². The monoisotopic (exact) mass is 212 g/mol. The van der Waals surface area contributed by atoms with Crippen LogP contribution in [0.15, 0.2) is 11.8 Å². The van der Waals surface area contributed by atoms with Crippen LogP contribution in [0, 0.1) is 0 Å². The van der Waals surface area contributed by atoms with Crippen LogP contribution in [0.25, 0.3) is 0 Å². The van der Waals surface area contributed by atoms with Gasteiger partial charge < -0.3 is 0 Å². The fraction of sp³-hybridized carbons (Fsp3) is 0.667. The summed E-state index contributed by atoms with van der Waals surface area (Å²) in [6.45, 7) is 2.24. The summed E-state index contributed by atoms with van der Waals surface area (Å²) >= 11 is -0.246. The molecule has 0 atom stereocenters. The second kappa shape index (κ2) is 3.44. The summed E-state index contributed by atoms with van der Waals surface area (Å²) in [4.78, 5) is 0. The zero-order valence-corrected chi connectivity index (χ0v) is 8.57. The molecule has 1 heterocycles. The zero-order chi connectivity index (χ0) is 5.82. The topological polar surface area (TPSA) is 12.0 Å². The molecule has 43 valence electrons. The number of allylic oxidation sites excluding steroid dienone is 1. The second-order valence-corrected chi connectivity index (χ2v) is 5.41. The number of nitrogens with one attached hydrogen (secondary N) is 1. The molecular formula is C6H11InN. The van der Waals surface area contributed by atoms with Gasteiger partial charge in [0.1, 0.15) is 0 Å². The summed E-state index contributed by atoms with van der Waals surface area (Å²) in [5.41, 5.74) is 1.67. The van der Waals surface area contributed by atoms with Crippen molar-refractivity contribution in [3.8, 4) is 0 Å². The van der Waals surface area contributed by atoms with E-state index < -0.39 is 0 Å². The van der Waals surface area contributed by atoms with Gasteiger partial charge >= 0.3 is 62.2 Å². The minimum absolute atomic E-state index is 0.246. The van der Waals surface area contributed by atoms with Gasteiger partial charge in [-0.05, 0) is 0 Å². The van der Waals surface area contributed by atoms with Gasteiger partial charge in [0.2, 0.25) is 0 Å². The van der Waals surface area contributed by atoms with E-state index in [-0.39, 0.29) is 23.2 Å². The SMILES string of the molecule is CCCC1=C[NH][In][CH2]1. The van der Waals surface area contributed by atoms with Crippen LogP contribution in [0.5, 0.6) is 0 Å². The van der Waals surface area contributed by atoms with E-state index in [9.17, 15) is 0 Å². The first kappa shape index (κ1) is 6.53. The summed E-state index contributed by atoms with van der Waals surface area (Å²) in [6.07, 6.45) is 4.89. The normalized spacial score (nSPS) is 16.9. The van der Waals surface area contributed by atoms with Crippen LogP contribution < -0.4 is 3.30 Å². The summed E-state index contributed by atoms with van der Waals surface area (Å²) in [5.74, 6) is 0. The number of hydrogen-bond donors (Lipinski definition) is 1. The Morgan fingerprint density at radius 2 is 2.75 bits per heavy atom. The first-order valence-electron chi connectivity index (χ1n) is 3.19. The van der Waals surface area contributed by atoms with E-state index in [2.05, 4.69) is 16.4 Å². The Kier molecular flexibility index (Phi) is 2.81. The third-order valence-corrected chi connectivity index (χ3v) is 4.57. The van der Waals surface area contributed by atoms with Crippen LogP contribution in [0.2, 0.25) is 4.18 Å². The fourth-order valence-electron chi connectivity index (χ4n) is 0.921. The molecule has 8 heavy (non-hydrogen) atoms. The molecule has 1 N–H and O–H groups in total. The molecule has 1 aliphatic rings. The first-order valence-corrected chi connectivity index (χ1v) is 7.17. The minimum atomic E-state index is -0.246. The third-order valence-electron chi connectivity index (χ3n) is 1.34. The van der Waals surface area contributed by atoms with Crippen LogP contribution in [-0.2, 0) is 0 Å². The van der Waals surface area contributed by atoms with Gasteiger partial charge in [0.15, 0.2) is 0 Å². The van der Waals surface area contributed by atoms with Crippen LogP contribution in [0.3, 0.4) is 0 Å². The number of hydrogen-bond acceptors (Lipinski definition) is 1. The van der Waals surface area contributed by atoms with Crippen molar-refractivity contribution in [1.82, 2.24) is 3.30 Å². The Morgan fingerprint density at radius 3 is 3.25 bits per heavy atom. The molecule has 0 aliphatic carbocycles. The van der Waals surface area contributed by atoms with Gasteiger partial charge in [0.05, 0.1) is 0 Å². The van der Waals surface area contributed by atoms with E-state index in [0.29, 0.717) is 0 Å². The van der Waals surface area contributed by atoms with Crippen LogP contribution in [0.4, 0.5) is 0 Å². The summed E-state index contributed by atoms with van der Waals surface area (Å²) in [7, 11) is 0. The zero-order valence-electron chi connectivity index (χ0n) is 5.28. The van der Waals surface area contributed by atoms with Gasteiger partial charge in [-0.1, -0.05) is 0 Å². The van der Waals surface area contributed by atoms with Gasteiger partial charge in [-0.2, -0.15) is 0 Å². The molecule has 1 radical (unpaired) electrons. The molecule has 0 aromatic rings. The third kappa shape index (κ3) is 1.73. The van der Waals surface area contributed by atoms with Crippen molar-refractivity contribution in [3.63, 3.8) is 0 Å². The van der Waals surface area contributed by atoms with Crippen molar-refractivity contribution in [2.24, 2.45) is 0 Å². The molecule has 0 aromatic carbocycles. The van der Waals surface area contributed by atoms with Gasteiger partial charge in [0, 0.05) is 0 Å². The molecule has 1 aliphatic heterocycles.